The lowest BCUT2D eigenvalue weighted by atomic mass is 10.2. The molecule has 0 atom stereocenters. The summed E-state index contributed by atoms with van der Waals surface area (Å²) in [4.78, 5) is 0. The first-order chi connectivity index (χ1) is 8.53. The molecule has 1 aromatic rings. The van der Waals surface area contributed by atoms with Gasteiger partial charge >= 0.3 is 0 Å². The SMILES string of the molecule is NC(CCCNS(=O)(=O)Cc1ccccc1)=NO. The van der Waals surface area contributed by atoms with Crippen LogP contribution in [-0.4, -0.2) is 26.0 Å². The number of amidine groups is 1. The quantitative estimate of drug-likeness (QED) is 0.222. The zero-order valence-corrected chi connectivity index (χ0v) is 10.7. The number of nitrogens with two attached hydrogens (primary N) is 1. The van der Waals surface area contributed by atoms with Crippen LogP contribution in [0, 0.1) is 0 Å². The van der Waals surface area contributed by atoms with Gasteiger partial charge in [0.15, 0.2) is 0 Å². The Kier molecular flexibility index (Phi) is 5.60. The molecule has 0 saturated carbocycles. The van der Waals surface area contributed by atoms with Gasteiger partial charge in [0.1, 0.15) is 5.84 Å². The zero-order chi connectivity index (χ0) is 13.4. The average Bonchev–Trinajstić information content (AvgIpc) is 2.35. The Morgan fingerprint density at radius 1 is 1.33 bits per heavy atom. The van der Waals surface area contributed by atoms with Crippen molar-refractivity contribution in [2.75, 3.05) is 6.54 Å². The molecule has 4 N–H and O–H groups in total. The van der Waals surface area contributed by atoms with Crippen LogP contribution in [0.3, 0.4) is 0 Å². The Hall–Kier alpha value is -1.60. The van der Waals surface area contributed by atoms with Crippen LogP contribution in [0.5, 0.6) is 0 Å². The molecule has 6 nitrogen and oxygen atoms in total. The van der Waals surface area contributed by atoms with E-state index in [0.717, 1.165) is 5.56 Å². The van der Waals surface area contributed by atoms with E-state index in [-0.39, 0.29) is 18.1 Å². The van der Waals surface area contributed by atoms with Crippen LogP contribution in [0.1, 0.15) is 18.4 Å². The van der Waals surface area contributed by atoms with E-state index >= 15 is 0 Å². The van der Waals surface area contributed by atoms with Crippen molar-refractivity contribution >= 4 is 15.9 Å². The number of rotatable bonds is 7. The first kappa shape index (κ1) is 14.5. The van der Waals surface area contributed by atoms with Crippen LogP contribution in [0.4, 0.5) is 0 Å². The minimum Gasteiger partial charge on any atom is -0.409 e. The van der Waals surface area contributed by atoms with E-state index < -0.39 is 10.0 Å². The molecule has 0 aliphatic carbocycles. The maximum atomic E-state index is 11.7. The lowest BCUT2D eigenvalue weighted by molar-refractivity contribution is 0.316. The molecule has 0 aliphatic rings. The minimum atomic E-state index is -3.33. The highest BCUT2D eigenvalue weighted by atomic mass is 32.2. The van der Waals surface area contributed by atoms with Crippen molar-refractivity contribution in [1.29, 1.82) is 0 Å². The third kappa shape index (κ3) is 5.65. The smallest absolute Gasteiger partial charge is 0.215 e. The molecule has 0 radical (unpaired) electrons. The highest BCUT2D eigenvalue weighted by Gasteiger charge is 2.10. The second-order valence-electron chi connectivity index (χ2n) is 3.83. The predicted molar refractivity (Wildman–Crippen MR) is 69.7 cm³/mol. The standard InChI is InChI=1S/C11H17N3O3S/c12-11(14-15)7-4-8-13-18(16,17)9-10-5-2-1-3-6-10/h1-3,5-6,13,15H,4,7-9H2,(H2,12,14). The molecule has 7 heteroatoms. The monoisotopic (exact) mass is 271 g/mol. The number of hydrogen-bond acceptors (Lipinski definition) is 4. The number of sulfonamides is 1. The molecule has 100 valence electrons. The number of oxime groups is 1. The number of benzene rings is 1. The van der Waals surface area contributed by atoms with Crippen LogP contribution in [0.2, 0.25) is 0 Å². The van der Waals surface area contributed by atoms with Gasteiger partial charge in [-0.05, 0) is 12.0 Å². The van der Waals surface area contributed by atoms with Crippen LogP contribution >= 0.6 is 0 Å². The molecule has 0 fully saturated rings. The van der Waals surface area contributed by atoms with Crippen LogP contribution < -0.4 is 10.5 Å². The summed E-state index contributed by atoms with van der Waals surface area (Å²) in [7, 11) is -3.33. The van der Waals surface area contributed by atoms with Crippen molar-refractivity contribution < 1.29 is 13.6 Å². The molecule has 0 saturated heterocycles. The van der Waals surface area contributed by atoms with Gasteiger partial charge in [-0.15, -0.1) is 0 Å². The molecule has 1 rings (SSSR count). The maximum Gasteiger partial charge on any atom is 0.215 e. The van der Waals surface area contributed by atoms with E-state index in [0.29, 0.717) is 12.8 Å². The van der Waals surface area contributed by atoms with Crippen molar-refractivity contribution in [1.82, 2.24) is 4.72 Å². The van der Waals surface area contributed by atoms with E-state index in [1.165, 1.54) is 0 Å². The highest BCUT2D eigenvalue weighted by molar-refractivity contribution is 7.88. The maximum absolute atomic E-state index is 11.7. The van der Waals surface area contributed by atoms with Crippen molar-refractivity contribution in [3.8, 4) is 0 Å². The molecular weight excluding hydrogens is 254 g/mol. The summed E-state index contributed by atoms with van der Waals surface area (Å²) < 4.78 is 25.9. The summed E-state index contributed by atoms with van der Waals surface area (Å²) in [6.07, 6.45) is 0.842. The summed E-state index contributed by atoms with van der Waals surface area (Å²) >= 11 is 0. The molecule has 0 heterocycles. The third-order valence-corrected chi connectivity index (χ3v) is 3.62. The largest absolute Gasteiger partial charge is 0.409 e. The van der Waals surface area contributed by atoms with E-state index in [2.05, 4.69) is 9.88 Å². The van der Waals surface area contributed by atoms with E-state index in [1.807, 2.05) is 6.07 Å². The first-order valence-corrected chi connectivity index (χ1v) is 7.16. The van der Waals surface area contributed by atoms with Gasteiger partial charge in [0.25, 0.3) is 0 Å². The van der Waals surface area contributed by atoms with Crippen molar-refractivity contribution in [3.05, 3.63) is 35.9 Å². The fourth-order valence-electron chi connectivity index (χ4n) is 1.39. The number of nitrogens with zero attached hydrogens (tertiary/aromatic N) is 1. The van der Waals surface area contributed by atoms with Crippen LogP contribution in [-0.2, 0) is 15.8 Å². The molecular formula is C11H17N3O3S. The van der Waals surface area contributed by atoms with Gasteiger partial charge in [-0.25, -0.2) is 13.1 Å². The fourth-order valence-corrected chi connectivity index (χ4v) is 2.58. The predicted octanol–water partition coefficient (Wildman–Crippen LogP) is 0.633. The van der Waals surface area contributed by atoms with Gasteiger partial charge in [0.2, 0.25) is 10.0 Å². The van der Waals surface area contributed by atoms with Gasteiger partial charge in [-0.3, -0.25) is 0 Å². The Labute approximate surface area is 107 Å². The summed E-state index contributed by atoms with van der Waals surface area (Å²) in [5.41, 5.74) is 6.01. The Bertz CT molecular complexity index is 486. The molecule has 0 aliphatic heterocycles. The number of hydrogen-bond donors (Lipinski definition) is 3. The average molecular weight is 271 g/mol. The minimum absolute atomic E-state index is 0.0442. The van der Waals surface area contributed by atoms with Gasteiger partial charge in [0.05, 0.1) is 5.75 Å². The molecule has 0 bridgehead atoms. The molecule has 0 spiro atoms. The topological polar surface area (TPSA) is 105 Å². The summed E-state index contributed by atoms with van der Waals surface area (Å²) in [5.74, 6) is 0.0504. The van der Waals surface area contributed by atoms with Crippen LogP contribution in [0.25, 0.3) is 0 Å². The van der Waals surface area contributed by atoms with Crippen molar-refractivity contribution in [2.45, 2.75) is 18.6 Å². The highest BCUT2D eigenvalue weighted by Crippen LogP contribution is 2.04. The lowest BCUT2D eigenvalue weighted by Crippen LogP contribution is -2.27. The van der Waals surface area contributed by atoms with E-state index in [1.54, 1.807) is 24.3 Å². The van der Waals surface area contributed by atoms with E-state index in [9.17, 15) is 8.42 Å². The summed E-state index contributed by atoms with van der Waals surface area (Å²) in [6.45, 7) is 0.269. The van der Waals surface area contributed by atoms with Crippen molar-refractivity contribution in [3.63, 3.8) is 0 Å². The molecule has 18 heavy (non-hydrogen) atoms. The Morgan fingerprint density at radius 3 is 2.61 bits per heavy atom. The normalized spacial score (nSPS) is 12.6. The summed E-state index contributed by atoms with van der Waals surface area (Å²) in [6, 6.07) is 8.94. The third-order valence-electron chi connectivity index (χ3n) is 2.26. The van der Waals surface area contributed by atoms with E-state index in [4.69, 9.17) is 10.9 Å². The molecule has 0 amide bonds. The lowest BCUT2D eigenvalue weighted by Gasteiger charge is -2.06. The first-order valence-electron chi connectivity index (χ1n) is 5.51. The van der Waals surface area contributed by atoms with Crippen molar-refractivity contribution in [2.24, 2.45) is 10.9 Å². The molecule has 1 aromatic carbocycles. The molecule has 0 aromatic heterocycles. The number of nitrogens with one attached hydrogen (secondary N) is 1. The zero-order valence-electron chi connectivity index (χ0n) is 9.91. The van der Waals surface area contributed by atoms with Crippen LogP contribution in [0.15, 0.2) is 35.5 Å². The second kappa shape index (κ2) is 6.97. The second-order valence-corrected chi connectivity index (χ2v) is 5.64. The fraction of sp³-hybridized carbons (Fsp3) is 0.364. The van der Waals surface area contributed by atoms with Gasteiger partial charge < -0.3 is 10.9 Å². The Balaban J connectivity index is 2.37. The van der Waals surface area contributed by atoms with Gasteiger partial charge in [-0.1, -0.05) is 35.5 Å². The summed E-state index contributed by atoms with van der Waals surface area (Å²) in [5, 5.41) is 11.1. The Morgan fingerprint density at radius 2 is 2.00 bits per heavy atom. The molecule has 0 unspecified atom stereocenters. The van der Waals surface area contributed by atoms with Gasteiger partial charge in [0, 0.05) is 13.0 Å². The van der Waals surface area contributed by atoms with Gasteiger partial charge in [-0.2, -0.15) is 0 Å².